The van der Waals surface area contributed by atoms with Crippen LogP contribution in [0, 0.1) is 0 Å². The normalized spacial score (nSPS) is 14.4. The first-order chi connectivity index (χ1) is 10.2. The van der Waals surface area contributed by atoms with E-state index in [0.29, 0.717) is 6.54 Å². The monoisotopic (exact) mass is 290 g/mol. The molecule has 0 aromatic heterocycles. The van der Waals surface area contributed by atoms with Crippen LogP contribution in [0.5, 0.6) is 5.75 Å². The number of benzene rings is 1. The lowest BCUT2D eigenvalue weighted by Gasteiger charge is -2.22. The van der Waals surface area contributed by atoms with Crippen molar-refractivity contribution in [3.63, 3.8) is 0 Å². The zero-order chi connectivity index (χ0) is 15.2. The highest BCUT2D eigenvalue weighted by atomic mass is 16.5. The van der Waals surface area contributed by atoms with E-state index in [9.17, 15) is 4.79 Å². The number of hydrogen-bond donors (Lipinski definition) is 1. The SMILES string of the molecule is CCC(NCC(=O)N(CC)CC)c1ccc2c(c1)CCO2. The molecule has 4 nitrogen and oxygen atoms in total. The summed E-state index contributed by atoms with van der Waals surface area (Å²) in [7, 11) is 0. The first-order valence-electron chi connectivity index (χ1n) is 7.96. The van der Waals surface area contributed by atoms with Gasteiger partial charge in [-0.1, -0.05) is 19.1 Å². The zero-order valence-corrected chi connectivity index (χ0v) is 13.3. The minimum atomic E-state index is 0.169. The van der Waals surface area contributed by atoms with Crippen molar-refractivity contribution in [2.75, 3.05) is 26.2 Å². The Morgan fingerprint density at radius 1 is 1.33 bits per heavy atom. The van der Waals surface area contributed by atoms with Crippen molar-refractivity contribution < 1.29 is 9.53 Å². The third kappa shape index (κ3) is 3.76. The molecule has 1 aromatic carbocycles. The Morgan fingerprint density at radius 2 is 2.10 bits per heavy atom. The van der Waals surface area contributed by atoms with Gasteiger partial charge in [-0.3, -0.25) is 4.79 Å². The number of amides is 1. The number of nitrogens with one attached hydrogen (secondary N) is 1. The average molecular weight is 290 g/mol. The largest absolute Gasteiger partial charge is 0.493 e. The molecule has 21 heavy (non-hydrogen) atoms. The topological polar surface area (TPSA) is 41.6 Å². The molecular weight excluding hydrogens is 264 g/mol. The summed E-state index contributed by atoms with van der Waals surface area (Å²) in [5.74, 6) is 1.18. The summed E-state index contributed by atoms with van der Waals surface area (Å²) >= 11 is 0. The zero-order valence-electron chi connectivity index (χ0n) is 13.3. The number of likely N-dealkylation sites (N-methyl/N-ethyl adjacent to an activating group) is 1. The molecular formula is C17H26N2O2. The first-order valence-corrected chi connectivity index (χ1v) is 7.96. The summed E-state index contributed by atoms with van der Waals surface area (Å²) in [6.45, 7) is 8.88. The molecule has 0 saturated carbocycles. The fraction of sp³-hybridized carbons (Fsp3) is 0.588. The molecule has 116 valence electrons. The maximum Gasteiger partial charge on any atom is 0.236 e. The second-order valence-corrected chi connectivity index (χ2v) is 5.37. The maximum atomic E-state index is 12.1. The van der Waals surface area contributed by atoms with E-state index in [1.165, 1.54) is 11.1 Å². The van der Waals surface area contributed by atoms with Crippen molar-refractivity contribution in [3.05, 3.63) is 29.3 Å². The van der Waals surface area contributed by atoms with E-state index in [1.807, 2.05) is 24.8 Å². The van der Waals surface area contributed by atoms with Crippen LogP contribution in [-0.2, 0) is 11.2 Å². The highest BCUT2D eigenvalue weighted by molar-refractivity contribution is 5.78. The summed E-state index contributed by atoms with van der Waals surface area (Å²) in [6.07, 6.45) is 1.95. The van der Waals surface area contributed by atoms with Gasteiger partial charge >= 0.3 is 0 Å². The Bertz CT molecular complexity index is 484. The predicted octanol–water partition coefficient (Wildman–Crippen LogP) is 2.53. The van der Waals surface area contributed by atoms with Crippen LogP contribution in [0.2, 0.25) is 0 Å². The molecule has 4 heteroatoms. The van der Waals surface area contributed by atoms with Gasteiger partial charge in [-0.25, -0.2) is 0 Å². The molecule has 1 aliphatic rings. The minimum absolute atomic E-state index is 0.169. The molecule has 1 amide bonds. The van der Waals surface area contributed by atoms with Gasteiger partial charge in [0, 0.05) is 25.6 Å². The number of fused-ring (bicyclic) bond motifs is 1. The molecule has 1 heterocycles. The van der Waals surface area contributed by atoms with E-state index in [2.05, 4.69) is 24.4 Å². The summed E-state index contributed by atoms with van der Waals surface area (Å²) in [6, 6.07) is 6.59. The van der Waals surface area contributed by atoms with E-state index in [0.717, 1.165) is 38.3 Å². The van der Waals surface area contributed by atoms with E-state index in [-0.39, 0.29) is 11.9 Å². The average Bonchev–Trinajstić information content (AvgIpc) is 2.96. The first kappa shape index (κ1) is 15.8. The fourth-order valence-corrected chi connectivity index (χ4v) is 2.82. The van der Waals surface area contributed by atoms with Gasteiger partial charge in [0.1, 0.15) is 5.75 Å². The predicted molar refractivity (Wildman–Crippen MR) is 84.6 cm³/mol. The molecule has 0 saturated heterocycles. The second-order valence-electron chi connectivity index (χ2n) is 5.37. The van der Waals surface area contributed by atoms with Crippen molar-refractivity contribution in [3.8, 4) is 5.75 Å². The molecule has 1 N–H and O–H groups in total. The summed E-state index contributed by atoms with van der Waals surface area (Å²) in [4.78, 5) is 13.9. The number of ether oxygens (including phenoxy) is 1. The van der Waals surface area contributed by atoms with Crippen LogP contribution in [-0.4, -0.2) is 37.0 Å². The minimum Gasteiger partial charge on any atom is -0.493 e. The summed E-state index contributed by atoms with van der Waals surface area (Å²) < 4.78 is 5.54. The lowest BCUT2D eigenvalue weighted by atomic mass is 10.0. The molecule has 0 fully saturated rings. The Labute approximate surface area is 127 Å². The van der Waals surface area contributed by atoms with Crippen molar-refractivity contribution in [2.24, 2.45) is 0 Å². The van der Waals surface area contributed by atoms with Gasteiger partial charge < -0.3 is 15.0 Å². The third-order valence-electron chi connectivity index (χ3n) is 4.14. The molecule has 0 bridgehead atoms. The van der Waals surface area contributed by atoms with E-state index < -0.39 is 0 Å². The van der Waals surface area contributed by atoms with Gasteiger partial charge in [-0.05, 0) is 37.5 Å². The lowest BCUT2D eigenvalue weighted by Crippen LogP contribution is -2.39. The van der Waals surface area contributed by atoms with Crippen LogP contribution >= 0.6 is 0 Å². The molecule has 0 spiro atoms. The Morgan fingerprint density at radius 3 is 2.76 bits per heavy atom. The van der Waals surface area contributed by atoms with E-state index >= 15 is 0 Å². The lowest BCUT2D eigenvalue weighted by molar-refractivity contribution is -0.130. The highest BCUT2D eigenvalue weighted by Crippen LogP contribution is 2.29. The van der Waals surface area contributed by atoms with Crippen molar-refractivity contribution >= 4 is 5.91 Å². The quantitative estimate of drug-likeness (QED) is 0.839. The highest BCUT2D eigenvalue weighted by Gasteiger charge is 2.17. The van der Waals surface area contributed by atoms with Crippen LogP contribution < -0.4 is 10.1 Å². The number of carbonyl (C=O) groups is 1. The molecule has 2 rings (SSSR count). The second kappa shape index (κ2) is 7.46. The Kier molecular flexibility index (Phi) is 5.62. The molecule has 1 unspecified atom stereocenters. The molecule has 1 aromatic rings. The molecule has 0 aliphatic carbocycles. The van der Waals surface area contributed by atoms with Crippen LogP contribution in [0.1, 0.15) is 44.4 Å². The van der Waals surface area contributed by atoms with Gasteiger partial charge in [-0.2, -0.15) is 0 Å². The van der Waals surface area contributed by atoms with Gasteiger partial charge in [-0.15, -0.1) is 0 Å². The van der Waals surface area contributed by atoms with Gasteiger partial charge in [0.25, 0.3) is 0 Å². The van der Waals surface area contributed by atoms with Crippen LogP contribution in [0.25, 0.3) is 0 Å². The van der Waals surface area contributed by atoms with E-state index in [4.69, 9.17) is 4.74 Å². The van der Waals surface area contributed by atoms with Gasteiger partial charge in [0.2, 0.25) is 5.91 Å². The van der Waals surface area contributed by atoms with Gasteiger partial charge in [0.05, 0.1) is 13.2 Å². The standard InChI is InChI=1S/C17H26N2O2/c1-4-15(18-12-17(20)19(5-2)6-3)13-7-8-16-14(11-13)9-10-21-16/h7-8,11,15,18H,4-6,9-10,12H2,1-3H3. The summed E-state index contributed by atoms with van der Waals surface area (Å²) in [5, 5.41) is 3.39. The third-order valence-corrected chi connectivity index (χ3v) is 4.14. The van der Waals surface area contributed by atoms with Gasteiger partial charge in [0.15, 0.2) is 0 Å². The number of nitrogens with zero attached hydrogens (tertiary/aromatic N) is 1. The summed E-state index contributed by atoms with van der Waals surface area (Å²) in [5.41, 5.74) is 2.52. The smallest absolute Gasteiger partial charge is 0.236 e. The van der Waals surface area contributed by atoms with Crippen LogP contribution in [0.4, 0.5) is 0 Å². The van der Waals surface area contributed by atoms with Crippen molar-refractivity contribution in [1.29, 1.82) is 0 Å². The Balaban J connectivity index is 1.98. The van der Waals surface area contributed by atoms with Crippen LogP contribution in [0.3, 0.4) is 0 Å². The van der Waals surface area contributed by atoms with Crippen molar-refractivity contribution in [2.45, 2.75) is 39.7 Å². The number of hydrogen-bond acceptors (Lipinski definition) is 3. The van der Waals surface area contributed by atoms with Crippen LogP contribution in [0.15, 0.2) is 18.2 Å². The van der Waals surface area contributed by atoms with E-state index in [1.54, 1.807) is 0 Å². The molecule has 0 radical (unpaired) electrons. The molecule has 1 aliphatic heterocycles. The number of rotatable bonds is 7. The van der Waals surface area contributed by atoms with Crippen molar-refractivity contribution in [1.82, 2.24) is 10.2 Å². The molecule has 1 atom stereocenters. The fourth-order valence-electron chi connectivity index (χ4n) is 2.82. The number of carbonyl (C=O) groups excluding carboxylic acids is 1. The maximum absolute atomic E-state index is 12.1. The Hall–Kier alpha value is -1.55.